The monoisotopic (exact) mass is 540 g/mol. The van der Waals surface area contributed by atoms with E-state index in [4.69, 9.17) is 18.9 Å². The van der Waals surface area contributed by atoms with Crippen LogP contribution in [0.4, 0.5) is 0 Å². The minimum Gasteiger partial charge on any atom is -0.493 e. The van der Waals surface area contributed by atoms with Crippen LogP contribution in [0.2, 0.25) is 0 Å². The number of carbonyl (C=O) groups is 3. The molecule has 0 fully saturated rings. The molecule has 0 saturated carbocycles. The van der Waals surface area contributed by atoms with Gasteiger partial charge in [-0.3, -0.25) is 0 Å². The van der Waals surface area contributed by atoms with E-state index in [9.17, 15) is 14.4 Å². The van der Waals surface area contributed by atoms with Crippen molar-refractivity contribution in [3.63, 3.8) is 0 Å². The zero-order chi connectivity index (χ0) is 28.7. The van der Waals surface area contributed by atoms with E-state index in [1.165, 1.54) is 6.08 Å². The Morgan fingerprint density at radius 2 is 1.38 bits per heavy atom. The van der Waals surface area contributed by atoms with E-state index >= 15 is 0 Å². The van der Waals surface area contributed by atoms with Crippen molar-refractivity contribution in [1.82, 2.24) is 0 Å². The molecule has 3 aromatic rings. The highest BCUT2D eigenvalue weighted by molar-refractivity contribution is 5.89. The first-order valence-corrected chi connectivity index (χ1v) is 12.8. The van der Waals surface area contributed by atoms with Crippen LogP contribution in [0.15, 0.2) is 104 Å². The zero-order valence-corrected chi connectivity index (χ0v) is 22.5. The normalized spacial score (nSPS) is 10.5. The zero-order valence-electron chi connectivity index (χ0n) is 22.5. The van der Waals surface area contributed by atoms with Gasteiger partial charge in [-0.25, -0.2) is 14.4 Å². The third-order valence-electron chi connectivity index (χ3n) is 5.59. The molecule has 40 heavy (non-hydrogen) atoms. The van der Waals surface area contributed by atoms with Crippen molar-refractivity contribution in [3.05, 3.63) is 115 Å². The molecule has 7 nitrogen and oxygen atoms in total. The van der Waals surface area contributed by atoms with Crippen LogP contribution in [-0.2, 0) is 30.3 Å². The molecule has 3 aromatic carbocycles. The molecule has 0 aliphatic carbocycles. The number of ether oxygens (including phenoxy) is 4. The summed E-state index contributed by atoms with van der Waals surface area (Å²) in [5.41, 5.74) is 4.24. The summed E-state index contributed by atoms with van der Waals surface area (Å²) in [5.74, 6) is -0.175. The number of esters is 3. The van der Waals surface area contributed by atoms with Crippen LogP contribution >= 0.6 is 0 Å². The van der Waals surface area contributed by atoms with Crippen molar-refractivity contribution < 1.29 is 33.3 Å². The number of carbonyl (C=O) groups excluding carboxylic acids is 3. The smallest absolute Gasteiger partial charge is 0.336 e. The molecule has 0 aromatic heterocycles. The minimum absolute atomic E-state index is 0.253. The number of benzene rings is 3. The first-order chi connectivity index (χ1) is 19.3. The Morgan fingerprint density at radius 1 is 0.750 bits per heavy atom. The minimum atomic E-state index is -0.485. The Morgan fingerprint density at radius 3 is 2.00 bits per heavy atom. The molecule has 0 aliphatic rings. The maximum absolute atomic E-state index is 12.2. The van der Waals surface area contributed by atoms with Gasteiger partial charge in [-0.1, -0.05) is 61.7 Å². The van der Waals surface area contributed by atoms with Crippen LogP contribution in [0.3, 0.4) is 0 Å². The molecular formula is C33H32O7. The molecule has 0 bridgehead atoms. The van der Waals surface area contributed by atoms with Crippen LogP contribution in [-0.4, -0.2) is 37.7 Å². The van der Waals surface area contributed by atoms with Gasteiger partial charge in [-0.2, -0.15) is 0 Å². The summed E-state index contributed by atoms with van der Waals surface area (Å²) < 4.78 is 21.1. The molecule has 0 saturated heterocycles. The van der Waals surface area contributed by atoms with Crippen LogP contribution in [0.1, 0.15) is 24.5 Å². The van der Waals surface area contributed by atoms with E-state index in [-0.39, 0.29) is 13.2 Å². The molecule has 0 radical (unpaired) electrons. The second-order valence-electron chi connectivity index (χ2n) is 8.78. The highest BCUT2D eigenvalue weighted by Gasteiger charge is 2.05. The number of hydrogen-bond donors (Lipinski definition) is 0. The van der Waals surface area contributed by atoms with E-state index in [1.807, 2.05) is 60.7 Å². The number of rotatable bonds is 14. The predicted molar refractivity (Wildman–Crippen MR) is 154 cm³/mol. The average molecular weight is 541 g/mol. The van der Waals surface area contributed by atoms with Crippen molar-refractivity contribution in [2.24, 2.45) is 0 Å². The van der Waals surface area contributed by atoms with Gasteiger partial charge in [0.15, 0.2) is 0 Å². The van der Waals surface area contributed by atoms with Gasteiger partial charge in [-0.05, 0) is 59.5 Å². The molecule has 3 rings (SSSR count). The standard InChI is InChI=1S/C33H32O7/c1-4-31(34)38-23-20-26-8-15-30(16-9-26)40-32(35)19-10-25-6-11-27(12-7-25)28-13-17-29(18-14-28)37-21-5-22-39-33(36)24(2)3/h4,6-19H,1-2,5,20-23H2,3H3. The lowest BCUT2D eigenvalue weighted by molar-refractivity contribution is -0.139. The van der Waals surface area contributed by atoms with Crippen LogP contribution in [0, 0.1) is 0 Å². The summed E-state index contributed by atoms with van der Waals surface area (Å²) in [4.78, 5) is 34.7. The third-order valence-corrected chi connectivity index (χ3v) is 5.59. The van der Waals surface area contributed by atoms with Gasteiger partial charge >= 0.3 is 17.9 Å². The van der Waals surface area contributed by atoms with Gasteiger partial charge in [0.2, 0.25) is 0 Å². The van der Waals surface area contributed by atoms with Gasteiger partial charge in [0.25, 0.3) is 0 Å². The summed E-state index contributed by atoms with van der Waals surface area (Å²) in [5, 5.41) is 0. The Kier molecular flexibility index (Phi) is 11.5. The molecule has 0 amide bonds. The maximum atomic E-state index is 12.2. The summed E-state index contributed by atoms with van der Waals surface area (Å²) in [6.45, 7) is 9.49. The first kappa shape index (κ1) is 29.6. The average Bonchev–Trinajstić information content (AvgIpc) is 2.97. The van der Waals surface area contributed by atoms with Crippen molar-refractivity contribution >= 4 is 24.0 Å². The van der Waals surface area contributed by atoms with E-state index < -0.39 is 17.9 Å². The van der Waals surface area contributed by atoms with Crippen LogP contribution < -0.4 is 9.47 Å². The quantitative estimate of drug-likeness (QED) is 0.105. The Hall–Kier alpha value is -4.91. The fraction of sp³-hybridized carbons (Fsp3) is 0.182. The fourth-order valence-corrected chi connectivity index (χ4v) is 3.43. The third kappa shape index (κ3) is 10.1. The second-order valence-corrected chi connectivity index (χ2v) is 8.78. The van der Waals surface area contributed by atoms with Crippen molar-refractivity contribution in [3.8, 4) is 22.6 Å². The van der Waals surface area contributed by atoms with Gasteiger partial charge < -0.3 is 18.9 Å². The topological polar surface area (TPSA) is 88.1 Å². The van der Waals surface area contributed by atoms with E-state index in [0.717, 1.165) is 34.1 Å². The molecule has 0 aliphatic heterocycles. The molecule has 7 heteroatoms. The predicted octanol–water partition coefficient (Wildman–Crippen LogP) is 6.13. The molecule has 0 unspecified atom stereocenters. The second kappa shape index (κ2) is 15.5. The molecule has 0 N–H and O–H groups in total. The summed E-state index contributed by atoms with van der Waals surface area (Å²) in [6.07, 6.45) is 5.34. The molecule has 0 heterocycles. The number of hydrogen-bond acceptors (Lipinski definition) is 7. The van der Waals surface area contributed by atoms with E-state index in [0.29, 0.717) is 30.8 Å². The molecular weight excluding hydrogens is 508 g/mol. The Labute approximate surface area is 234 Å². The van der Waals surface area contributed by atoms with Gasteiger partial charge in [-0.15, -0.1) is 0 Å². The summed E-state index contributed by atoms with van der Waals surface area (Å²) in [6, 6.07) is 22.5. The maximum Gasteiger partial charge on any atom is 0.336 e. The van der Waals surface area contributed by atoms with E-state index in [1.54, 1.807) is 25.1 Å². The Bertz CT molecular complexity index is 1340. The fourth-order valence-electron chi connectivity index (χ4n) is 3.43. The molecule has 0 atom stereocenters. The lowest BCUT2D eigenvalue weighted by Gasteiger charge is -2.08. The Balaban J connectivity index is 1.43. The lowest BCUT2D eigenvalue weighted by Crippen LogP contribution is -2.09. The largest absolute Gasteiger partial charge is 0.493 e. The van der Waals surface area contributed by atoms with Crippen molar-refractivity contribution in [2.75, 3.05) is 19.8 Å². The first-order valence-electron chi connectivity index (χ1n) is 12.8. The SMILES string of the molecule is C=CC(=O)OCCc1ccc(OC(=O)C=Cc2ccc(-c3ccc(OCCCOC(=O)C(=C)C)cc3)cc2)cc1. The van der Waals surface area contributed by atoms with Crippen LogP contribution in [0.25, 0.3) is 17.2 Å². The highest BCUT2D eigenvalue weighted by Crippen LogP contribution is 2.23. The van der Waals surface area contributed by atoms with Crippen molar-refractivity contribution in [2.45, 2.75) is 19.8 Å². The van der Waals surface area contributed by atoms with Gasteiger partial charge in [0.1, 0.15) is 11.5 Å². The van der Waals surface area contributed by atoms with Gasteiger partial charge in [0, 0.05) is 30.6 Å². The summed E-state index contributed by atoms with van der Waals surface area (Å²) >= 11 is 0. The highest BCUT2D eigenvalue weighted by atomic mass is 16.5. The molecule has 206 valence electrons. The van der Waals surface area contributed by atoms with Crippen molar-refractivity contribution in [1.29, 1.82) is 0 Å². The lowest BCUT2D eigenvalue weighted by atomic mass is 10.0. The van der Waals surface area contributed by atoms with E-state index in [2.05, 4.69) is 13.2 Å². The molecule has 0 spiro atoms. The van der Waals surface area contributed by atoms with Crippen LogP contribution in [0.5, 0.6) is 11.5 Å². The summed E-state index contributed by atoms with van der Waals surface area (Å²) in [7, 11) is 0. The van der Waals surface area contributed by atoms with Gasteiger partial charge in [0.05, 0.1) is 19.8 Å².